The van der Waals surface area contributed by atoms with Crippen molar-refractivity contribution in [2.45, 2.75) is 182 Å². The Morgan fingerprint density at radius 1 is 0.421 bits per heavy atom. The molecule has 0 aliphatic heterocycles. The third-order valence-electron chi connectivity index (χ3n) is 8.60. The van der Waals surface area contributed by atoms with Gasteiger partial charge in [-0.05, 0) is 88.2 Å². The molecule has 218 valence electrons. The summed E-state index contributed by atoms with van der Waals surface area (Å²) >= 11 is 0. The Morgan fingerprint density at radius 3 is 1.03 bits per heavy atom. The molecule has 0 aromatic heterocycles. The van der Waals surface area contributed by atoms with Gasteiger partial charge in [-0.25, -0.2) is 0 Å². The van der Waals surface area contributed by atoms with Crippen LogP contribution in [-0.2, 0) is 12.8 Å². The Hall–Kier alpha value is -1.30. The van der Waals surface area contributed by atoms with Crippen LogP contribution in [0.4, 0.5) is 0 Å². The Kier molecular flexibility index (Phi) is 23.7. The van der Waals surface area contributed by atoms with E-state index in [0.717, 1.165) is 0 Å². The molecule has 0 aliphatic carbocycles. The van der Waals surface area contributed by atoms with Crippen molar-refractivity contribution < 1.29 is 0 Å². The first-order chi connectivity index (χ1) is 18.7. The molecule has 0 radical (unpaired) electrons. The molecule has 0 N–H and O–H groups in total. The van der Waals surface area contributed by atoms with Gasteiger partial charge in [0.25, 0.3) is 0 Å². The molecular formula is C38H66. The molecule has 0 aliphatic rings. The summed E-state index contributed by atoms with van der Waals surface area (Å²) in [6, 6.07) is 9.29. The zero-order chi connectivity index (χ0) is 27.5. The van der Waals surface area contributed by atoms with E-state index in [9.17, 15) is 0 Å². The van der Waals surface area contributed by atoms with Crippen LogP contribution in [0, 0.1) is 0 Å². The van der Waals surface area contributed by atoms with E-state index < -0.39 is 0 Å². The largest absolute Gasteiger partial charge is 0.0854 e. The molecule has 0 spiro atoms. The van der Waals surface area contributed by atoms with Crippen molar-refractivity contribution in [1.29, 1.82) is 0 Å². The van der Waals surface area contributed by atoms with Crippen LogP contribution < -0.4 is 0 Å². The maximum atomic E-state index is 2.50. The fraction of sp³-hybridized carbons (Fsp3) is 0.737. The lowest BCUT2D eigenvalue weighted by atomic mass is 9.96. The first-order valence-electron chi connectivity index (χ1n) is 17.2. The monoisotopic (exact) mass is 523 g/mol. The van der Waals surface area contributed by atoms with E-state index in [1.54, 1.807) is 22.3 Å². The fourth-order valence-corrected chi connectivity index (χ4v) is 5.78. The van der Waals surface area contributed by atoms with Gasteiger partial charge >= 0.3 is 0 Å². The van der Waals surface area contributed by atoms with Gasteiger partial charge < -0.3 is 0 Å². The van der Waals surface area contributed by atoms with Gasteiger partial charge in [0.2, 0.25) is 0 Å². The first-order valence-corrected chi connectivity index (χ1v) is 17.2. The predicted octanol–water partition coefficient (Wildman–Crippen LogP) is 13.3. The Labute approximate surface area is 240 Å². The highest BCUT2D eigenvalue weighted by atomic mass is 14.1. The number of allylic oxidation sites excluding steroid dienone is 4. The molecule has 0 nitrogen and oxygen atoms in total. The summed E-state index contributed by atoms with van der Waals surface area (Å²) in [5.41, 5.74) is 6.54. The summed E-state index contributed by atoms with van der Waals surface area (Å²) in [5, 5.41) is 0. The lowest BCUT2D eigenvalue weighted by Crippen LogP contribution is -1.95. The number of aryl methyl sites for hydroxylation is 2. The van der Waals surface area contributed by atoms with Gasteiger partial charge in [-0.1, -0.05) is 152 Å². The van der Waals surface area contributed by atoms with Gasteiger partial charge in [0, 0.05) is 0 Å². The number of unbranched alkanes of at least 4 members (excludes halogenated alkanes) is 16. The molecule has 1 aromatic carbocycles. The maximum absolute atomic E-state index is 2.50. The van der Waals surface area contributed by atoms with Crippen LogP contribution >= 0.6 is 0 Å². The maximum Gasteiger partial charge on any atom is -0.0276 e. The molecule has 0 bridgehead atoms. The van der Waals surface area contributed by atoms with Gasteiger partial charge in [-0.15, -0.1) is 0 Å². The van der Waals surface area contributed by atoms with Crippen molar-refractivity contribution in [3.63, 3.8) is 0 Å². The Bertz CT molecular complexity index is 634. The average molecular weight is 523 g/mol. The number of benzene rings is 1. The zero-order valence-corrected chi connectivity index (χ0v) is 26.4. The van der Waals surface area contributed by atoms with Crippen LogP contribution in [-0.4, -0.2) is 0 Å². The summed E-state index contributed by atoms with van der Waals surface area (Å²) in [5.74, 6) is 0. The topological polar surface area (TPSA) is 0 Å². The highest BCUT2D eigenvalue weighted by molar-refractivity contribution is 5.27. The molecule has 0 saturated heterocycles. The van der Waals surface area contributed by atoms with Gasteiger partial charge in [0.15, 0.2) is 0 Å². The minimum absolute atomic E-state index is 1.23. The predicted molar refractivity (Wildman–Crippen MR) is 174 cm³/mol. The van der Waals surface area contributed by atoms with E-state index in [1.165, 1.54) is 154 Å². The summed E-state index contributed by atoms with van der Waals surface area (Å²) < 4.78 is 0. The lowest BCUT2D eigenvalue weighted by molar-refractivity contribution is 0.564. The van der Waals surface area contributed by atoms with Gasteiger partial charge in [-0.2, -0.15) is 0 Å². The van der Waals surface area contributed by atoms with Crippen molar-refractivity contribution in [3.05, 3.63) is 58.7 Å². The molecule has 0 unspecified atom stereocenters. The summed E-state index contributed by atoms with van der Waals surface area (Å²) in [6.07, 6.45) is 37.7. The number of hydrogen-bond acceptors (Lipinski definition) is 0. The van der Waals surface area contributed by atoms with Crippen LogP contribution in [0.1, 0.15) is 180 Å². The zero-order valence-electron chi connectivity index (χ0n) is 26.4. The lowest BCUT2D eigenvalue weighted by Gasteiger charge is -2.10. The minimum Gasteiger partial charge on any atom is -0.0854 e. The summed E-state index contributed by atoms with van der Waals surface area (Å²) in [6.45, 7) is 9.14. The average Bonchev–Trinajstić information content (AvgIpc) is 2.95. The van der Waals surface area contributed by atoms with Crippen molar-refractivity contribution in [2.24, 2.45) is 0 Å². The molecule has 0 amide bonds. The van der Waals surface area contributed by atoms with Crippen LogP contribution in [0.15, 0.2) is 47.6 Å². The smallest absolute Gasteiger partial charge is 0.0276 e. The SMILES string of the molecule is CCC(=CCCCCCCCCCCc1ccccc1CCCCCCCCCCC=C(CC)CC)CC. The second kappa shape index (κ2) is 26.0. The fourth-order valence-electron chi connectivity index (χ4n) is 5.78. The molecule has 1 rings (SSSR count). The van der Waals surface area contributed by atoms with Crippen LogP contribution in [0.25, 0.3) is 0 Å². The number of rotatable bonds is 26. The first kappa shape index (κ1) is 34.7. The second-order valence-corrected chi connectivity index (χ2v) is 11.6. The molecule has 0 heteroatoms. The third-order valence-corrected chi connectivity index (χ3v) is 8.60. The van der Waals surface area contributed by atoms with Gasteiger partial charge in [0.05, 0.1) is 0 Å². The van der Waals surface area contributed by atoms with E-state index in [2.05, 4.69) is 64.1 Å². The van der Waals surface area contributed by atoms with Crippen molar-refractivity contribution in [2.75, 3.05) is 0 Å². The van der Waals surface area contributed by atoms with Crippen molar-refractivity contribution in [1.82, 2.24) is 0 Å². The van der Waals surface area contributed by atoms with Crippen LogP contribution in [0.2, 0.25) is 0 Å². The van der Waals surface area contributed by atoms with Gasteiger partial charge in [0.1, 0.15) is 0 Å². The van der Waals surface area contributed by atoms with Crippen LogP contribution in [0.5, 0.6) is 0 Å². The van der Waals surface area contributed by atoms with Crippen molar-refractivity contribution in [3.8, 4) is 0 Å². The summed E-state index contributed by atoms with van der Waals surface area (Å²) in [4.78, 5) is 0. The van der Waals surface area contributed by atoms with Gasteiger partial charge in [-0.3, -0.25) is 0 Å². The Balaban J connectivity index is 2.02. The van der Waals surface area contributed by atoms with Crippen molar-refractivity contribution >= 4 is 0 Å². The Morgan fingerprint density at radius 2 is 0.711 bits per heavy atom. The molecule has 38 heavy (non-hydrogen) atoms. The van der Waals surface area contributed by atoms with E-state index >= 15 is 0 Å². The van der Waals surface area contributed by atoms with Crippen LogP contribution in [0.3, 0.4) is 0 Å². The normalized spacial score (nSPS) is 11.1. The molecule has 1 aromatic rings. The highest BCUT2D eigenvalue weighted by Crippen LogP contribution is 2.19. The third kappa shape index (κ3) is 18.9. The van der Waals surface area contributed by atoms with E-state index in [-0.39, 0.29) is 0 Å². The molecule has 0 saturated carbocycles. The van der Waals surface area contributed by atoms with E-state index in [4.69, 9.17) is 0 Å². The molecular weight excluding hydrogens is 456 g/mol. The van der Waals surface area contributed by atoms with E-state index in [1.807, 2.05) is 0 Å². The highest BCUT2D eigenvalue weighted by Gasteiger charge is 2.03. The minimum atomic E-state index is 1.23. The second-order valence-electron chi connectivity index (χ2n) is 11.6. The number of hydrogen-bond donors (Lipinski definition) is 0. The van der Waals surface area contributed by atoms with E-state index in [0.29, 0.717) is 0 Å². The quantitative estimate of drug-likeness (QED) is 0.0838. The molecule has 0 fully saturated rings. The summed E-state index contributed by atoms with van der Waals surface area (Å²) in [7, 11) is 0. The molecule has 0 heterocycles. The standard InChI is InChI=1S/C38H66/c1-5-35(6-2)29-23-19-15-11-9-13-17-21-25-31-37-33-27-28-34-38(37)32-26-22-18-14-10-12-16-20-24-30-36(7-3)8-4/h27-30,33-34H,5-26,31-32H2,1-4H3. The molecule has 0 atom stereocenters.